The van der Waals surface area contributed by atoms with Crippen molar-refractivity contribution in [3.05, 3.63) is 0 Å². The first kappa shape index (κ1) is 16.5. The lowest BCUT2D eigenvalue weighted by atomic mass is 9.87. The molecular weight excluding hydrogens is 236 g/mol. The zero-order valence-corrected chi connectivity index (χ0v) is 13.2. The minimum Gasteiger partial charge on any atom is -0.345 e. The van der Waals surface area contributed by atoms with Crippen LogP contribution >= 0.6 is 0 Å². The van der Waals surface area contributed by atoms with Crippen LogP contribution in [-0.2, 0) is 4.79 Å². The highest BCUT2D eigenvalue weighted by molar-refractivity contribution is 5.79. The second-order valence-electron chi connectivity index (χ2n) is 6.46. The minimum atomic E-state index is 0.112. The van der Waals surface area contributed by atoms with Crippen LogP contribution in [0, 0.1) is 17.8 Å². The number of rotatable bonds is 7. The molecule has 0 aromatic rings. The Morgan fingerprint density at radius 2 is 1.89 bits per heavy atom. The van der Waals surface area contributed by atoms with E-state index >= 15 is 0 Å². The smallest absolute Gasteiger partial charge is 0.226 e. The summed E-state index contributed by atoms with van der Waals surface area (Å²) in [5.74, 6) is 1.67. The summed E-state index contributed by atoms with van der Waals surface area (Å²) in [7, 11) is 3.89. The molecule has 0 radical (unpaired) electrons. The van der Waals surface area contributed by atoms with Gasteiger partial charge >= 0.3 is 0 Å². The van der Waals surface area contributed by atoms with Crippen LogP contribution in [0.5, 0.6) is 0 Å². The fraction of sp³-hybridized carbons (Fsp3) is 0.938. The van der Waals surface area contributed by atoms with Crippen LogP contribution in [0.4, 0.5) is 0 Å². The third-order valence-corrected chi connectivity index (χ3v) is 4.52. The fourth-order valence-corrected chi connectivity index (χ4v) is 3.07. The maximum Gasteiger partial charge on any atom is 0.226 e. The molecule has 1 rings (SSSR count). The molecule has 0 saturated heterocycles. The molecule has 19 heavy (non-hydrogen) atoms. The molecule has 0 aromatic heterocycles. The standard InChI is InChI=1S/C16H32N2O/c1-13(2)15(12-17-3)16(19)18(4)11-10-14-8-6-5-7-9-14/h13-15,17H,5-12H2,1-4H3. The van der Waals surface area contributed by atoms with Crippen LogP contribution in [0.2, 0.25) is 0 Å². The molecule has 3 nitrogen and oxygen atoms in total. The molecule has 1 unspecified atom stereocenters. The third kappa shape index (κ3) is 5.52. The lowest BCUT2D eigenvalue weighted by molar-refractivity contribution is -0.135. The summed E-state index contributed by atoms with van der Waals surface area (Å²) in [6.45, 7) is 5.98. The molecule has 0 heterocycles. The van der Waals surface area contributed by atoms with Gasteiger partial charge in [0.15, 0.2) is 0 Å². The van der Waals surface area contributed by atoms with Crippen molar-refractivity contribution < 1.29 is 4.79 Å². The average Bonchev–Trinajstić information content (AvgIpc) is 2.42. The number of carbonyl (C=O) groups is 1. The number of hydrogen-bond acceptors (Lipinski definition) is 2. The zero-order chi connectivity index (χ0) is 14.3. The largest absolute Gasteiger partial charge is 0.345 e. The molecule has 1 fully saturated rings. The van der Waals surface area contributed by atoms with Crippen molar-refractivity contribution in [2.24, 2.45) is 17.8 Å². The highest BCUT2D eigenvalue weighted by Gasteiger charge is 2.25. The van der Waals surface area contributed by atoms with Crippen molar-refractivity contribution >= 4 is 5.91 Å². The van der Waals surface area contributed by atoms with Crippen molar-refractivity contribution in [3.63, 3.8) is 0 Å². The van der Waals surface area contributed by atoms with Crippen LogP contribution in [-0.4, -0.2) is 38.0 Å². The van der Waals surface area contributed by atoms with Gasteiger partial charge in [-0.15, -0.1) is 0 Å². The number of nitrogens with zero attached hydrogens (tertiary/aromatic N) is 1. The van der Waals surface area contributed by atoms with Gasteiger partial charge in [0.25, 0.3) is 0 Å². The molecule has 1 amide bonds. The summed E-state index contributed by atoms with van der Waals surface area (Å²) in [6.07, 6.45) is 8.10. The Balaban J connectivity index is 2.37. The van der Waals surface area contributed by atoms with Gasteiger partial charge in [-0.1, -0.05) is 46.0 Å². The van der Waals surface area contributed by atoms with E-state index in [9.17, 15) is 4.79 Å². The molecule has 1 N–H and O–H groups in total. The first-order valence-electron chi connectivity index (χ1n) is 7.95. The Morgan fingerprint density at radius 1 is 1.26 bits per heavy atom. The van der Waals surface area contributed by atoms with E-state index in [2.05, 4.69) is 19.2 Å². The van der Waals surface area contributed by atoms with Gasteiger partial charge in [-0.05, 0) is 25.3 Å². The lowest BCUT2D eigenvalue weighted by Gasteiger charge is -2.28. The van der Waals surface area contributed by atoms with Gasteiger partial charge in [0.2, 0.25) is 5.91 Å². The molecule has 0 aliphatic heterocycles. The Hall–Kier alpha value is -0.570. The second-order valence-corrected chi connectivity index (χ2v) is 6.46. The molecule has 1 saturated carbocycles. The van der Waals surface area contributed by atoms with Crippen LogP contribution in [0.3, 0.4) is 0 Å². The molecular formula is C16H32N2O. The van der Waals surface area contributed by atoms with Crippen LogP contribution in [0.15, 0.2) is 0 Å². The number of amides is 1. The van der Waals surface area contributed by atoms with E-state index in [1.165, 1.54) is 38.5 Å². The monoisotopic (exact) mass is 268 g/mol. The topological polar surface area (TPSA) is 32.3 Å². The van der Waals surface area contributed by atoms with E-state index < -0.39 is 0 Å². The van der Waals surface area contributed by atoms with Crippen LogP contribution < -0.4 is 5.32 Å². The van der Waals surface area contributed by atoms with Crippen LogP contribution in [0.1, 0.15) is 52.4 Å². The van der Waals surface area contributed by atoms with Crippen molar-refractivity contribution in [2.75, 3.05) is 27.2 Å². The highest BCUT2D eigenvalue weighted by Crippen LogP contribution is 2.26. The molecule has 1 aliphatic carbocycles. The summed E-state index contributed by atoms with van der Waals surface area (Å²) in [5.41, 5.74) is 0. The average molecular weight is 268 g/mol. The van der Waals surface area contributed by atoms with Crippen LogP contribution in [0.25, 0.3) is 0 Å². The maximum absolute atomic E-state index is 12.4. The quantitative estimate of drug-likeness (QED) is 0.770. The fourth-order valence-electron chi connectivity index (χ4n) is 3.07. The number of nitrogens with one attached hydrogen (secondary N) is 1. The maximum atomic E-state index is 12.4. The normalized spacial score (nSPS) is 18.6. The van der Waals surface area contributed by atoms with Crippen molar-refractivity contribution in [1.29, 1.82) is 0 Å². The van der Waals surface area contributed by atoms with E-state index in [1.54, 1.807) is 0 Å². The number of hydrogen-bond donors (Lipinski definition) is 1. The predicted octanol–water partition coefficient (Wildman–Crippen LogP) is 2.91. The van der Waals surface area contributed by atoms with Gasteiger partial charge in [0.1, 0.15) is 0 Å². The Labute approximate surface area is 119 Å². The molecule has 1 atom stereocenters. The van der Waals surface area contributed by atoms with Crippen molar-refractivity contribution in [2.45, 2.75) is 52.4 Å². The first-order valence-corrected chi connectivity index (χ1v) is 7.95. The van der Waals surface area contributed by atoms with E-state index in [0.717, 1.165) is 19.0 Å². The van der Waals surface area contributed by atoms with Gasteiger partial charge in [0.05, 0.1) is 5.92 Å². The van der Waals surface area contributed by atoms with Gasteiger partial charge in [0, 0.05) is 20.1 Å². The van der Waals surface area contributed by atoms with E-state index in [-0.39, 0.29) is 5.92 Å². The molecule has 112 valence electrons. The number of carbonyl (C=O) groups excluding carboxylic acids is 1. The van der Waals surface area contributed by atoms with Gasteiger partial charge in [-0.25, -0.2) is 0 Å². The van der Waals surface area contributed by atoms with E-state index in [1.807, 2.05) is 19.0 Å². The summed E-state index contributed by atoms with van der Waals surface area (Å²) >= 11 is 0. The summed E-state index contributed by atoms with van der Waals surface area (Å²) in [5, 5.41) is 3.14. The van der Waals surface area contributed by atoms with Gasteiger partial charge in [-0.2, -0.15) is 0 Å². The Morgan fingerprint density at radius 3 is 2.42 bits per heavy atom. The minimum absolute atomic E-state index is 0.112. The zero-order valence-electron chi connectivity index (χ0n) is 13.2. The summed E-state index contributed by atoms with van der Waals surface area (Å²) in [4.78, 5) is 14.4. The molecule has 0 spiro atoms. The third-order valence-electron chi connectivity index (χ3n) is 4.52. The SMILES string of the molecule is CNCC(C(=O)N(C)CCC1CCCCC1)C(C)C. The van der Waals surface area contributed by atoms with Crippen molar-refractivity contribution in [3.8, 4) is 0 Å². The van der Waals surface area contributed by atoms with Gasteiger partial charge in [-0.3, -0.25) is 4.79 Å². The molecule has 0 aromatic carbocycles. The molecule has 0 bridgehead atoms. The van der Waals surface area contributed by atoms with Crippen molar-refractivity contribution in [1.82, 2.24) is 10.2 Å². The predicted molar refractivity (Wildman–Crippen MR) is 81.1 cm³/mol. The summed E-state index contributed by atoms with van der Waals surface area (Å²) < 4.78 is 0. The Bertz CT molecular complexity index is 259. The summed E-state index contributed by atoms with van der Waals surface area (Å²) in [6, 6.07) is 0. The molecule has 3 heteroatoms. The Kier molecular flexibility index (Phi) is 7.44. The lowest BCUT2D eigenvalue weighted by Crippen LogP contribution is -2.40. The second kappa shape index (κ2) is 8.57. The highest BCUT2D eigenvalue weighted by atomic mass is 16.2. The molecule has 1 aliphatic rings. The van der Waals surface area contributed by atoms with E-state index in [0.29, 0.717) is 11.8 Å². The first-order chi connectivity index (χ1) is 9.06. The van der Waals surface area contributed by atoms with Gasteiger partial charge < -0.3 is 10.2 Å². The van der Waals surface area contributed by atoms with E-state index in [4.69, 9.17) is 0 Å².